The zero-order valence-corrected chi connectivity index (χ0v) is 12.6. The van der Waals surface area contributed by atoms with Crippen LogP contribution in [-0.4, -0.2) is 0 Å². The van der Waals surface area contributed by atoms with Crippen LogP contribution < -0.4 is 4.57 Å². The first-order chi connectivity index (χ1) is 9.56. The van der Waals surface area contributed by atoms with Crippen molar-refractivity contribution in [1.29, 1.82) is 0 Å². The van der Waals surface area contributed by atoms with Gasteiger partial charge in [-0.1, -0.05) is 23.8 Å². The summed E-state index contributed by atoms with van der Waals surface area (Å²) in [7, 11) is 2.15. The Labute approximate surface area is 120 Å². The molecule has 1 heteroatoms. The summed E-state index contributed by atoms with van der Waals surface area (Å²) in [6.07, 6.45) is 0. The van der Waals surface area contributed by atoms with Gasteiger partial charge in [-0.25, -0.2) is 0 Å². The number of aryl methyl sites for hydroxylation is 4. The molecule has 20 heavy (non-hydrogen) atoms. The van der Waals surface area contributed by atoms with E-state index in [1.165, 1.54) is 38.9 Å². The van der Waals surface area contributed by atoms with Gasteiger partial charge in [0.15, 0.2) is 0 Å². The molecule has 0 amide bonds. The Balaban J connectivity index is 2.32. The lowest BCUT2D eigenvalue weighted by Gasteiger charge is -2.08. The lowest BCUT2D eigenvalue weighted by Crippen LogP contribution is -2.32. The third kappa shape index (κ3) is 2.09. The molecule has 0 radical (unpaired) electrons. The van der Waals surface area contributed by atoms with Crippen LogP contribution in [0.1, 0.15) is 16.7 Å². The lowest BCUT2D eigenvalue weighted by atomic mass is 10.0. The molecule has 0 fully saturated rings. The van der Waals surface area contributed by atoms with Crippen molar-refractivity contribution in [2.24, 2.45) is 7.05 Å². The number of rotatable bonds is 1. The Bertz CT molecular complexity index is 800. The van der Waals surface area contributed by atoms with Crippen molar-refractivity contribution in [1.82, 2.24) is 0 Å². The van der Waals surface area contributed by atoms with Crippen LogP contribution in [0.4, 0.5) is 0 Å². The summed E-state index contributed by atoms with van der Waals surface area (Å²) in [5.41, 5.74) is 7.78. The van der Waals surface area contributed by atoms with Crippen LogP contribution in [0.25, 0.3) is 22.2 Å². The molecule has 1 heterocycles. The van der Waals surface area contributed by atoms with Gasteiger partial charge in [-0.3, -0.25) is 0 Å². The van der Waals surface area contributed by atoms with E-state index < -0.39 is 0 Å². The van der Waals surface area contributed by atoms with Crippen LogP contribution in [0.2, 0.25) is 0 Å². The monoisotopic (exact) mass is 262 g/mol. The van der Waals surface area contributed by atoms with Crippen molar-refractivity contribution < 1.29 is 4.57 Å². The highest BCUT2D eigenvalue weighted by atomic mass is 14.9. The van der Waals surface area contributed by atoms with E-state index >= 15 is 0 Å². The minimum absolute atomic E-state index is 1.27. The summed E-state index contributed by atoms with van der Waals surface area (Å²) in [5, 5.41) is 1.28. The lowest BCUT2D eigenvalue weighted by molar-refractivity contribution is -0.633. The van der Waals surface area contributed by atoms with E-state index in [9.17, 15) is 0 Å². The number of nitrogens with zero attached hydrogens (tertiary/aromatic N) is 1. The molecule has 1 nitrogen and oxygen atoms in total. The molecule has 0 bridgehead atoms. The van der Waals surface area contributed by atoms with Gasteiger partial charge in [0.2, 0.25) is 11.2 Å². The molecule has 3 aromatic rings. The van der Waals surface area contributed by atoms with E-state index in [1.807, 2.05) is 0 Å². The van der Waals surface area contributed by atoms with Gasteiger partial charge in [-0.05, 0) is 50.1 Å². The van der Waals surface area contributed by atoms with E-state index in [1.54, 1.807) is 0 Å². The Morgan fingerprint density at radius 3 is 2.20 bits per heavy atom. The maximum absolute atomic E-state index is 2.30. The van der Waals surface area contributed by atoms with E-state index in [0.717, 1.165) is 0 Å². The van der Waals surface area contributed by atoms with Gasteiger partial charge < -0.3 is 0 Å². The number of fused-ring (bicyclic) bond motifs is 1. The smallest absolute Gasteiger partial charge is 0.194 e. The van der Waals surface area contributed by atoms with Crippen molar-refractivity contribution in [3.05, 3.63) is 65.2 Å². The second kappa shape index (κ2) is 4.75. The molecule has 0 aliphatic heterocycles. The summed E-state index contributed by atoms with van der Waals surface area (Å²) in [6, 6.07) is 17.7. The molecular weight excluding hydrogens is 242 g/mol. The summed E-state index contributed by atoms with van der Waals surface area (Å²) >= 11 is 0. The number of hydrogen-bond donors (Lipinski definition) is 0. The van der Waals surface area contributed by atoms with Crippen LogP contribution >= 0.6 is 0 Å². The molecule has 2 aromatic carbocycles. The predicted molar refractivity (Wildman–Crippen MR) is 84.8 cm³/mol. The van der Waals surface area contributed by atoms with E-state index in [0.29, 0.717) is 0 Å². The van der Waals surface area contributed by atoms with Crippen molar-refractivity contribution >= 4 is 10.9 Å². The van der Waals surface area contributed by atoms with Gasteiger partial charge in [0, 0.05) is 23.1 Å². The first-order valence-corrected chi connectivity index (χ1v) is 7.03. The van der Waals surface area contributed by atoms with Crippen LogP contribution in [0.5, 0.6) is 0 Å². The highest BCUT2D eigenvalue weighted by Crippen LogP contribution is 2.24. The Kier molecular flexibility index (Phi) is 3.06. The molecule has 0 unspecified atom stereocenters. The fourth-order valence-corrected chi connectivity index (χ4v) is 2.78. The molecule has 100 valence electrons. The zero-order valence-electron chi connectivity index (χ0n) is 12.6. The highest BCUT2D eigenvalue weighted by molar-refractivity contribution is 5.78. The van der Waals surface area contributed by atoms with Crippen LogP contribution in [0.15, 0.2) is 48.5 Å². The van der Waals surface area contributed by atoms with Gasteiger partial charge in [-0.2, -0.15) is 4.57 Å². The van der Waals surface area contributed by atoms with Gasteiger partial charge in [0.25, 0.3) is 0 Å². The molecular formula is C19H20N+. The molecule has 0 saturated heterocycles. The molecule has 0 aliphatic carbocycles. The van der Waals surface area contributed by atoms with Crippen molar-refractivity contribution in [2.45, 2.75) is 20.8 Å². The van der Waals surface area contributed by atoms with Crippen molar-refractivity contribution in [2.75, 3.05) is 0 Å². The normalized spacial score (nSPS) is 11.0. The molecule has 0 aliphatic rings. The van der Waals surface area contributed by atoms with E-state index in [4.69, 9.17) is 0 Å². The second-order valence-electron chi connectivity index (χ2n) is 5.66. The summed E-state index contributed by atoms with van der Waals surface area (Å²) in [4.78, 5) is 0. The maximum atomic E-state index is 2.30. The first-order valence-electron chi connectivity index (χ1n) is 7.03. The molecule has 1 aromatic heterocycles. The maximum Gasteiger partial charge on any atom is 0.213 e. The van der Waals surface area contributed by atoms with Gasteiger partial charge in [0.1, 0.15) is 7.05 Å². The number of aromatic nitrogens is 1. The number of benzene rings is 2. The Hall–Kier alpha value is -2.15. The quantitative estimate of drug-likeness (QED) is 0.577. The van der Waals surface area contributed by atoms with Crippen molar-refractivity contribution in [3.8, 4) is 11.3 Å². The molecule has 0 N–H and O–H groups in total. The van der Waals surface area contributed by atoms with Gasteiger partial charge in [0.05, 0.1) is 0 Å². The van der Waals surface area contributed by atoms with Gasteiger partial charge >= 0.3 is 0 Å². The van der Waals surface area contributed by atoms with E-state index in [2.05, 4.69) is 80.9 Å². The number of hydrogen-bond acceptors (Lipinski definition) is 0. The Morgan fingerprint density at radius 1 is 0.750 bits per heavy atom. The topological polar surface area (TPSA) is 3.88 Å². The molecule has 0 saturated carbocycles. The molecule has 3 rings (SSSR count). The summed E-state index contributed by atoms with van der Waals surface area (Å²) in [5.74, 6) is 0. The average molecular weight is 262 g/mol. The predicted octanol–water partition coefficient (Wildman–Crippen LogP) is 4.26. The standard InChI is InChI=1S/C19H20N/c1-13-5-7-15(3)17(11-13)18-10-9-16-8-6-14(2)12-19(16)20(18)4/h5-12H,1-4H3/q+1. The van der Waals surface area contributed by atoms with Gasteiger partial charge in [-0.15, -0.1) is 0 Å². The fraction of sp³-hybridized carbons (Fsp3) is 0.211. The van der Waals surface area contributed by atoms with E-state index in [-0.39, 0.29) is 0 Å². The number of pyridine rings is 1. The zero-order chi connectivity index (χ0) is 14.3. The van der Waals surface area contributed by atoms with Crippen LogP contribution in [0, 0.1) is 20.8 Å². The second-order valence-corrected chi connectivity index (χ2v) is 5.66. The molecule has 0 spiro atoms. The third-order valence-electron chi connectivity index (χ3n) is 4.00. The first kappa shape index (κ1) is 12.9. The SMILES string of the molecule is Cc1ccc(C)c(-c2ccc3ccc(C)cc3[n+]2C)c1. The highest BCUT2D eigenvalue weighted by Gasteiger charge is 2.15. The largest absolute Gasteiger partial charge is 0.213 e. The van der Waals surface area contributed by atoms with Crippen molar-refractivity contribution in [3.63, 3.8) is 0 Å². The summed E-state index contributed by atoms with van der Waals surface area (Å²) < 4.78 is 2.30. The summed E-state index contributed by atoms with van der Waals surface area (Å²) in [6.45, 7) is 6.47. The molecule has 0 atom stereocenters. The minimum Gasteiger partial charge on any atom is -0.194 e. The Morgan fingerprint density at radius 2 is 1.40 bits per heavy atom. The minimum atomic E-state index is 1.27. The fourth-order valence-electron chi connectivity index (χ4n) is 2.78. The van der Waals surface area contributed by atoms with Crippen LogP contribution in [-0.2, 0) is 7.05 Å². The average Bonchev–Trinajstić information content (AvgIpc) is 2.43. The van der Waals surface area contributed by atoms with Crippen LogP contribution in [0.3, 0.4) is 0 Å². The third-order valence-corrected chi connectivity index (χ3v) is 4.00.